The molecule has 3 aromatic carbocycles. The number of anilines is 1. The number of carbonyl (C=O) groups excluding carboxylic acids is 1. The zero-order valence-electron chi connectivity index (χ0n) is 19.8. The summed E-state index contributed by atoms with van der Waals surface area (Å²) in [5.41, 5.74) is 0.170. The summed E-state index contributed by atoms with van der Waals surface area (Å²) < 4.78 is 32.2. The second-order valence-electron chi connectivity index (χ2n) is 8.70. The van der Waals surface area contributed by atoms with Crippen molar-refractivity contribution >= 4 is 44.5 Å². The van der Waals surface area contributed by atoms with E-state index in [0.29, 0.717) is 16.6 Å². The van der Waals surface area contributed by atoms with Crippen molar-refractivity contribution in [1.82, 2.24) is 24.5 Å². The van der Waals surface area contributed by atoms with Gasteiger partial charge in [0.25, 0.3) is 0 Å². The Hall–Kier alpha value is -4.22. The number of aromatic nitrogens is 5. The van der Waals surface area contributed by atoms with Gasteiger partial charge in [0.05, 0.1) is 24.8 Å². The molecule has 2 heterocycles. The third-order valence-electron chi connectivity index (χ3n) is 5.94. The summed E-state index contributed by atoms with van der Waals surface area (Å²) in [5, 5.41) is 23.5. The van der Waals surface area contributed by atoms with Crippen molar-refractivity contribution in [3.63, 3.8) is 0 Å². The molecular weight excluding hydrogens is 558 g/mol. The number of rotatable bonds is 8. The molecular formula is C27H21BrF2N6O2. The molecule has 38 heavy (non-hydrogen) atoms. The van der Waals surface area contributed by atoms with Gasteiger partial charge in [-0.25, -0.2) is 18.4 Å². The average molecular weight is 579 g/mol. The molecule has 2 aromatic heterocycles. The van der Waals surface area contributed by atoms with E-state index in [9.17, 15) is 18.7 Å². The number of hydrogen-bond donors (Lipinski definition) is 2. The lowest BCUT2D eigenvalue weighted by atomic mass is 9.92. The zero-order valence-corrected chi connectivity index (χ0v) is 21.4. The highest BCUT2D eigenvalue weighted by Gasteiger charge is 2.35. The van der Waals surface area contributed by atoms with Crippen LogP contribution in [0.25, 0.3) is 17.0 Å². The average Bonchev–Trinajstić information content (AvgIpc) is 3.53. The summed E-state index contributed by atoms with van der Waals surface area (Å²) in [7, 11) is 0. The van der Waals surface area contributed by atoms with Gasteiger partial charge in [-0.15, -0.1) is 0 Å². The Morgan fingerprint density at radius 3 is 2.61 bits per heavy atom. The minimum atomic E-state index is -1.82. The molecule has 0 radical (unpaired) electrons. The molecule has 11 heteroatoms. The number of amides is 1. The largest absolute Gasteiger partial charge is 0.381 e. The maximum atomic E-state index is 14.8. The van der Waals surface area contributed by atoms with Gasteiger partial charge in [0, 0.05) is 33.3 Å². The predicted octanol–water partition coefficient (Wildman–Crippen LogP) is 4.91. The standard InChI is InChI=1S/C27H21BrF2N6O2/c28-20-4-1-18(2-5-20)3-10-26(37)34-22-7-9-25-19(11-22)13-32-36(25)15-27(38,14-35-17-31-16-33-35)23-8-6-21(29)12-24(23)30/h1-13,16-17,38H,14-15H2,(H,34,37)/b10-3+. The molecule has 192 valence electrons. The van der Waals surface area contributed by atoms with Crippen LogP contribution in [0.4, 0.5) is 14.5 Å². The molecule has 1 atom stereocenters. The predicted molar refractivity (Wildman–Crippen MR) is 142 cm³/mol. The van der Waals surface area contributed by atoms with Crippen molar-refractivity contribution in [2.45, 2.75) is 18.7 Å². The van der Waals surface area contributed by atoms with E-state index in [4.69, 9.17) is 0 Å². The highest BCUT2D eigenvalue weighted by atomic mass is 79.9. The van der Waals surface area contributed by atoms with E-state index in [1.807, 2.05) is 24.3 Å². The third kappa shape index (κ3) is 5.68. The Balaban J connectivity index is 1.38. The van der Waals surface area contributed by atoms with Crippen LogP contribution in [0.5, 0.6) is 0 Å². The minimum Gasteiger partial charge on any atom is -0.381 e. The molecule has 2 N–H and O–H groups in total. The van der Waals surface area contributed by atoms with Crippen LogP contribution in [0.2, 0.25) is 0 Å². The molecule has 0 fully saturated rings. The van der Waals surface area contributed by atoms with E-state index in [1.165, 1.54) is 34.2 Å². The van der Waals surface area contributed by atoms with Crippen LogP contribution >= 0.6 is 15.9 Å². The van der Waals surface area contributed by atoms with Gasteiger partial charge in [-0.05, 0) is 48.0 Å². The van der Waals surface area contributed by atoms with E-state index in [-0.39, 0.29) is 24.6 Å². The lowest BCUT2D eigenvalue weighted by Gasteiger charge is -2.29. The van der Waals surface area contributed by atoms with Crippen molar-refractivity contribution < 1.29 is 18.7 Å². The Kier molecular flexibility index (Phi) is 7.12. The number of halogens is 3. The van der Waals surface area contributed by atoms with Gasteiger partial charge in [-0.1, -0.05) is 34.1 Å². The quantitative estimate of drug-likeness (QED) is 0.255. The number of hydrogen-bond acceptors (Lipinski definition) is 5. The topological polar surface area (TPSA) is 97.9 Å². The second kappa shape index (κ2) is 10.6. The first-order valence-electron chi connectivity index (χ1n) is 11.5. The minimum absolute atomic E-state index is 0.0977. The molecule has 1 unspecified atom stereocenters. The van der Waals surface area contributed by atoms with E-state index in [1.54, 1.807) is 30.5 Å². The maximum Gasteiger partial charge on any atom is 0.248 e. The summed E-state index contributed by atoms with van der Waals surface area (Å²) in [6, 6.07) is 15.8. The number of aliphatic hydroxyl groups is 1. The van der Waals surface area contributed by atoms with E-state index < -0.39 is 17.2 Å². The fourth-order valence-electron chi connectivity index (χ4n) is 4.14. The maximum absolute atomic E-state index is 14.8. The Morgan fingerprint density at radius 1 is 1.05 bits per heavy atom. The summed E-state index contributed by atoms with van der Waals surface area (Å²) >= 11 is 3.38. The van der Waals surface area contributed by atoms with Crippen molar-refractivity contribution in [1.29, 1.82) is 0 Å². The van der Waals surface area contributed by atoms with Crippen molar-refractivity contribution in [2.75, 3.05) is 5.32 Å². The van der Waals surface area contributed by atoms with Crippen molar-refractivity contribution in [3.05, 3.63) is 113 Å². The van der Waals surface area contributed by atoms with Crippen LogP contribution < -0.4 is 5.32 Å². The number of nitrogens with one attached hydrogen (secondary N) is 1. The van der Waals surface area contributed by atoms with Gasteiger partial charge in [0.1, 0.15) is 29.9 Å². The van der Waals surface area contributed by atoms with E-state index in [2.05, 4.69) is 36.4 Å². The molecule has 1 amide bonds. The Morgan fingerprint density at radius 2 is 1.87 bits per heavy atom. The first-order valence-corrected chi connectivity index (χ1v) is 12.3. The van der Waals surface area contributed by atoms with Gasteiger partial charge < -0.3 is 10.4 Å². The van der Waals surface area contributed by atoms with Gasteiger partial charge in [-0.2, -0.15) is 10.2 Å². The molecule has 0 aliphatic rings. The number of benzene rings is 3. The molecule has 5 rings (SSSR count). The molecule has 0 saturated carbocycles. The highest BCUT2D eigenvalue weighted by Crippen LogP contribution is 2.30. The number of carbonyl (C=O) groups is 1. The molecule has 0 bridgehead atoms. The fraction of sp³-hybridized carbons (Fsp3) is 0.111. The lowest BCUT2D eigenvalue weighted by Crippen LogP contribution is -2.37. The van der Waals surface area contributed by atoms with Crippen LogP contribution in [-0.2, 0) is 23.5 Å². The van der Waals surface area contributed by atoms with E-state index in [0.717, 1.165) is 22.2 Å². The third-order valence-corrected chi connectivity index (χ3v) is 6.47. The van der Waals surface area contributed by atoms with Crippen LogP contribution in [0.1, 0.15) is 11.1 Å². The second-order valence-corrected chi connectivity index (χ2v) is 9.61. The van der Waals surface area contributed by atoms with Crippen LogP contribution in [0.3, 0.4) is 0 Å². The molecule has 0 spiro atoms. The Labute approximate surface area is 224 Å². The molecule has 5 aromatic rings. The van der Waals surface area contributed by atoms with Gasteiger partial charge >= 0.3 is 0 Å². The molecule has 0 saturated heterocycles. The molecule has 0 aliphatic carbocycles. The van der Waals surface area contributed by atoms with Crippen molar-refractivity contribution in [3.8, 4) is 0 Å². The van der Waals surface area contributed by atoms with Gasteiger partial charge in [0.2, 0.25) is 5.91 Å². The molecule has 8 nitrogen and oxygen atoms in total. The summed E-state index contributed by atoms with van der Waals surface area (Å²) in [4.78, 5) is 16.3. The van der Waals surface area contributed by atoms with E-state index >= 15 is 0 Å². The SMILES string of the molecule is O=C(/C=C/c1ccc(Br)cc1)Nc1ccc2c(cnn2CC(O)(Cn2cncn2)c2ccc(F)cc2F)c1. The summed E-state index contributed by atoms with van der Waals surface area (Å²) in [6.45, 7) is -0.295. The number of fused-ring (bicyclic) bond motifs is 1. The first kappa shape index (κ1) is 25.4. The normalized spacial score (nSPS) is 13.2. The Bertz CT molecular complexity index is 1620. The summed E-state index contributed by atoms with van der Waals surface area (Å²) in [5.74, 6) is -1.93. The van der Waals surface area contributed by atoms with Gasteiger partial charge in [-0.3, -0.25) is 9.48 Å². The zero-order chi connectivity index (χ0) is 26.7. The highest BCUT2D eigenvalue weighted by molar-refractivity contribution is 9.10. The molecule has 0 aliphatic heterocycles. The fourth-order valence-corrected chi connectivity index (χ4v) is 4.40. The smallest absolute Gasteiger partial charge is 0.248 e. The van der Waals surface area contributed by atoms with Crippen LogP contribution in [-0.4, -0.2) is 35.6 Å². The van der Waals surface area contributed by atoms with Crippen molar-refractivity contribution in [2.24, 2.45) is 0 Å². The van der Waals surface area contributed by atoms with Crippen LogP contribution in [0.15, 0.2) is 90.1 Å². The van der Waals surface area contributed by atoms with Crippen LogP contribution in [0, 0.1) is 11.6 Å². The monoisotopic (exact) mass is 578 g/mol. The number of nitrogens with zero attached hydrogens (tertiary/aromatic N) is 5. The first-order chi connectivity index (χ1) is 18.3. The van der Waals surface area contributed by atoms with Gasteiger partial charge in [0.15, 0.2) is 0 Å². The lowest BCUT2D eigenvalue weighted by molar-refractivity contribution is -0.111. The summed E-state index contributed by atoms with van der Waals surface area (Å²) in [6.07, 6.45) is 7.43.